The van der Waals surface area contributed by atoms with Crippen molar-refractivity contribution in [2.75, 3.05) is 10.8 Å². The smallest absolute Gasteiger partial charge is 0.406 e. The molecule has 0 bridgehead atoms. The van der Waals surface area contributed by atoms with Crippen LogP contribution in [0.1, 0.15) is 38.7 Å². The molecule has 0 aromatic heterocycles. The fourth-order valence-electron chi connectivity index (χ4n) is 3.41. The van der Waals surface area contributed by atoms with Crippen molar-refractivity contribution in [2.24, 2.45) is 0 Å². The van der Waals surface area contributed by atoms with Crippen LogP contribution in [-0.2, 0) is 10.0 Å². The maximum atomic E-state index is 13.3. The van der Waals surface area contributed by atoms with Crippen LogP contribution in [0.3, 0.4) is 0 Å². The number of sulfonamides is 1. The predicted octanol–water partition coefficient (Wildman–Crippen LogP) is 6.98. The molecule has 0 aliphatic heterocycles. The Morgan fingerprint density at radius 1 is 0.848 bits per heavy atom. The number of hydrogen-bond acceptors (Lipinski definition) is 3. The first kappa shape index (κ1) is 24.6. The number of alkyl halides is 3. The van der Waals surface area contributed by atoms with Crippen molar-refractivity contribution in [1.29, 1.82) is 0 Å². The number of halogens is 3. The highest BCUT2D eigenvalue weighted by atomic mass is 32.2. The summed E-state index contributed by atoms with van der Waals surface area (Å²) in [6.07, 6.45) is -4.11. The van der Waals surface area contributed by atoms with E-state index >= 15 is 0 Å². The van der Waals surface area contributed by atoms with Gasteiger partial charge in [0.2, 0.25) is 0 Å². The molecule has 8 heteroatoms. The van der Waals surface area contributed by atoms with E-state index in [-0.39, 0.29) is 10.6 Å². The van der Waals surface area contributed by atoms with Crippen LogP contribution in [0.15, 0.2) is 77.7 Å². The van der Waals surface area contributed by atoms with E-state index in [1.165, 1.54) is 28.6 Å². The molecular formula is C25H26F3NO3S. The second-order valence-corrected chi connectivity index (χ2v) is 9.78. The van der Waals surface area contributed by atoms with Crippen LogP contribution >= 0.6 is 0 Å². The van der Waals surface area contributed by atoms with Crippen LogP contribution in [0.5, 0.6) is 5.75 Å². The number of nitrogens with zero attached hydrogens (tertiary/aromatic N) is 1. The standard InChI is InChI=1S/C25H26F3NO3S/c1-4-17-29(33(30,31)24-15-9-19(10-16-24)18(2)3)22-11-5-20(6-12-22)21-7-13-23(14-8-21)32-25(26,27)28/h5-16,18H,4,17H2,1-3H3. The van der Waals surface area contributed by atoms with Gasteiger partial charge in [-0.3, -0.25) is 4.31 Å². The molecule has 0 N–H and O–H groups in total. The zero-order valence-electron chi connectivity index (χ0n) is 18.6. The Morgan fingerprint density at radius 3 is 1.82 bits per heavy atom. The van der Waals surface area contributed by atoms with E-state index in [9.17, 15) is 21.6 Å². The Balaban J connectivity index is 1.86. The topological polar surface area (TPSA) is 46.6 Å². The maximum absolute atomic E-state index is 13.3. The molecule has 0 unspecified atom stereocenters. The van der Waals surface area contributed by atoms with Gasteiger partial charge in [0.25, 0.3) is 10.0 Å². The summed E-state index contributed by atoms with van der Waals surface area (Å²) >= 11 is 0. The van der Waals surface area contributed by atoms with Gasteiger partial charge >= 0.3 is 6.36 Å². The summed E-state index contributed by atoms with van der Waals surface area (Å²) < 4.78 is 69.0. The van der Waals surface area contributed by atoms with E-state index in [2.05, 4.69) is 4.74 Å². The Hall–Kier alpha value is -3.00. The van der Waals surface area contributed by atoms with Gasteiger partial charge in [0.1, 0.15) is 5.75 Å². The molecule has 0 saturated heterocycles. The molecule has 0 aliphatic rings. The minimum Gasteiger partial charge on any atom is -0.406 e. The van der Waals surface area contributed by atoms with Crippen molar-refractivity contribution >= 4 is 15.7 Å². The highest BCUT2D eigenvalue weighted by Gasteiger charge is 2.31. The molecule has 0 radical (unpaired) electrons. The minimum atomic E-state index is -4.74. The van der Waals surface area contributed by atoms with Gasteiger partial charge in [0.05, 0.1) is 10.6 Å². The molecule has 0 aliphatic carbocycles. The van der Waals surface area contributed by atoms with Gasteiger partial charge in [-0.2, -0.15) is 0 Å². The van der Waals surface area contributed by atoms with Crippen LogP contribution in [0, 0.1) is 0 Å². The number of ether oxygens (including phenoxy) is 1. The minimum absolute atomic E-state index is 0.227. The van der Waals surface area contributed by atoms with Gasteiger partial charge < -0.3 is 4.74 Å². The van der Waals surface area contributed by atoms with Crippen molar-refractivity contribution in [3.63, 3.8) is 0 Å². The molecule has 0 atom stereocenters. The van der Waals surface area contributed by atoms with E-state index in [1.807, 2.05) is 32.9 Å². The molecular weight excluding hydrogens is 451 g/mol. The molecule has 3 aromatic rings. The third-order valence-corrected chi connectivity index (χ3v) is 6.98. The lowest BCUT2D eigenvalue weighted by atomic mass is 10.0. The number of benzene rings is 3. The lowest BCUT2D eigenvalue weighted by molar-refractivity contribution is -0.274. The van der Waals surface area contributed by atoms with Gasteiger partial charge in [-0.15, -0.1) is 13.2 Å². The van der Waals surface area contributed by atoms with Gasteiger partial charge in [-0.05, 0) is 65.4 Å². The molecule has 0 spiro atoms. The molecule has 3 aromatic carbocycles. The summed E-state index contributed by atoms with van der Waals surface area (Å²) in [7, 11) is -3.75. The van der Waals surface area contributed by atoms with Crippen molar-refractivity contribution in [2.45, 2.75) is 44.4 Å². The highest BCUT2D eigenvalue weighted by molar-refractivity contribution is 7.92. The lowest BCUT2D eigenvalue weighted by Crippen LogP contribution is -2.31. The van der Waals surface area contributed by atoms with E-state index < -0.39 is 16.4 Å². The van der Waals surface area contributed by atoms with E-state index in [0.717, 1.165) is 11.1 Å². The third kappa shape index (κ3) is 6.07. The van der Waals surface area contributed by atoms with Crippen molar-refractivity contribution in [3.8, 4) is 16.9 Å². The van der Waals surface area contributed by atoms with Gasteiger partial charge in [-0.1, -0.05) is 57.2 Å². The molecule has 176 valence electrons. The summed E-state index contributed by atoms with van der Waals surface area (Å²) in [6, 6.07) is 19.3. The Bertz CT molecular complexity index is 1160. The first-order valence-electron chi connectivity index (χ1n) is 10.6. The highest BCUT2D eigenvalue weighted by Crippen LogP contribution is 2.30. The van der Waals surface area contributed by atoms with Crippen LogP contribution in [0.4, 0.5) is 18.9 Å². The summed E-state index contributed by atoms with van der Waals surface area (Å²) in [5.74, 6) is 0.00158. The largest absolute Gasteiger partial charge is 0.573 e. The van der Waals surface area contributed by atoms with E-state index in [4.69, 9.17) is 0 Å². The molecule has 3 rings (SSSR count). The molecule has 0 heterocycles. The first-order valence-corrected chi connectivity index (χ1v) is 12.0. The predicted molar refractivity (Wildman–Crippen MR) is 124 cm³/mol. The van der Waals surface area contributed by atoms with Gasteiger partial charge in [0, 0.05) is 6.54 Å². The first-order chi connectivity index (χ1) is 15.5. The third-order valence-electron chi connectivity index (χ3n) is 5.14. The molecule has 0 fully saturated rings. The molecule has 33 heavy (non-hydrogen) atoms. The van der Waals surface area contributed by atoms with Crippen molar-refractivity contribution in [1.82, 2.24) is 0 Å². The summed E-state index contributed by atoms with van der Waals surface area (Å²) in [5.41, 5.74) is 3.01. The van der Waals surface area contributed by atoms with Crippen molar-refractivity contribution < 1.29 is 26.3 Å². The van der Waals surface area contributed by atoms with Gasteiger partial charge in [0.15, 0.2) is 0 Å². The average molecular weight is 478 g/mol. The number of anilines is 1. The lowest BCUT2D eigenvalue weighted by Gasteiger charge is -2.24. The molecule has 0 amide bonds. The summed E-state index contributed by atoms with van der Waals surface area (Å²) in [6.45, 7) is 6.32. The van der Waals surface area contributed by atoms with Crippen molar-refractivity contribution in [3.05, 3.63) is 78.4 Å². The monoisotopic (exact) mass is 477 g/mol. The Morgan fingerprint density at radius 2 is 1.36 bits per heavy atom. The zero-order chi connectivity index (χ0) is 24.2. The van der Waals surface area contributed by atoms with Crippen LogP contribution in [0.2, 0.25) is 0 Å². The summed E-state index contributed by atoms with van der Waals surface area (Å²) in [5, 5.41) is 0. The Labute approximate surface area is 192 Å². The average Bonchev–Trinajstić information content (AvgIpc) is 2.77. The molecule has 4 nitrogen and oxygen atoms in total. The SMILES string of the molecule is CCCN(c1ccc(-c2ccc(OC(F)(F)F)cc2)cc1)S(=O)(=O)c1ccc(C(C)C)cc1. The zero-order valence-corrected chi connectivity index (χ0v) is 19.5. The van der Waals surface area contributed by atoms with Crippen LogP contribution in [-0.4, -0.2) is 21.3 Å². The molecule has 0 saturated carbocycles. The maximum Gasteiger partial charge on any atom is 0.573 e. The van der Waals surface area contributed by atoms with Crippen LogP contribution < -0.4 is 9.04 Å². The fraction of sp³-hybridized carbons (Fsp3) is 0.280. The Kier molecular flexibility index (Phi) is 7.37. The van der Waals surface area contributed by atoms with E-state index in [1.54, 1.807) is 36.4 Å². The second-order valence-electron chi connectivity index (χ2n) is 7.92. The summed E-state index contributed by atoms with van der Waals surface area (Å²) in [4.78, 5) is 0.227. The number of hydrogen-bond donors (Lipinski definition) is 0. The number of rotatable bonds is 8. The second kappa shape index (κ2) is 9.87. The van der Waals surface area contributed by atoms with Crippen LogP contribution in [0.25, 0.3) is 11.1 Å². The van der Waals surface area contributed by atoms with E-state index in [0.29, 0.717) is 30.1 Å². The quantitative estimate of drug-likeness (QED) is 0.352. The normalized spacial score (nSPS) is 12.1. The van der Waals surface area contributed by atoms with Gasteiger partial charge in [-0.25, -0.2) is 8.42 Å². The fourth-order valence-corrected chi connectivity index (χ4v) is 4.97.